The van der Waals surface area contributed by atoms with Crippen molar-refractivity contribution >= 4 is 11.9 Å². The lowest BCUT2D eigenvalue weighted by Gasteiger charge is -2.39. The van der Waals surface area contributed by atoms with Gasteiger partial charge in [0.15, 0.2) is 5.96 Å². The van der Waals surface area contributed by atoms with Gasteiger partial charge in [0.25, 0.3) is 0 Å². The number of nitrogens with two attached hydrogens (primary N) is 1. The Morgan fingerprint density at radius 2 is 2.04 bits per heavy atom. The van der Waals surface area contributed by atoms with E-state index in [9.17, 15) is 4.79 Å². The van der Waals surface area contributed by atoms with E-state index in [1.807, 2.05) is 41.3 Å². The van der Waals surface area contributed by atoms with Gasteiger partial charge in [0.1, 0.15) is 11.5 Å². The van der Waals surface area contributed by atoms with E-state index in [1.54, 1.807) is 0 Å². The first-order valence-corrected chi connectivity index (χ1v) is 9.00. The highest BCUT2D eigenvalue weighted by atomic mass is 16.5. The van der Waals surface area contributed by atoms with Gasteiger partial charge in [-0.2, -0.15) is 0 Å². The number of nitrogens with zero attached hydrogens (tertiary/aromatic N) is 3. The molecule has 3 N–H and O–H groups in total. The standard InChI is InChI=1S/C19H23N5O2/c20-18-21-13-19(22-18)8-10-24(11-9-19)17(25)7-6-15-12-16(23-26-15)14-4-2-1-3-5-14/h1-5,12H,6-11,13H2,(H3,20,21,22). The van der Waals surface area contributed by atoms with E-state index in [0.29, 0.717) is 25.3 Å². The van der Waals surface area contributed by atoms with Gasteiger partial charge in [0, 0.05) is 37.6 Å². The average Bonchev–Trinajstić information content (AvgIpc) is 3.28. The highest BCUT2D eigenvalue weighted by Gasteiger charge is 2.38. The zero-order valence-corrected chi connectivity index (χ0v) is 14.6. The first-order chi connectivity index (χ1) is 12.6. The molecule has 7 heteroatoms. The van der Waals surface area contributed by atoms with Crippen molar-refractivity contribution in [3.63, 3.8) is 0 Å². The number of aliphatic imine (C=N–C) groups is 1. The van der Waals surface area contributed by atoms with E-state index in [2.05, 4.69) is 15.5 Å². The quantitative estimate of drug-likeness (QED) is 0.869. The number of carbonyl (C=O) groups excluding carboxylic acids is 1. The smallest absolute Gasteiger partial charge is 0.223 e. The Labute approximate surface area is 152 Å². The van der Waals surface area contributed by atoms with Gasteiger partial charge in [-0.25, -0.2) is 0 Å². The molecule has 1 saturated heterocycles. The summed E-state index contributed by atoms with van der Waals surface area (Å²) in [5.41, 5.74) is 7.51. The topological polar surface area (TPSA) is 96.8 Å². The lowest BCUT2D eigenvalue weighted by atomic mass is 9.88. The number of carbonyl (C=O) groups is 1. The first kappa shape index (κ1) is 16.6. The Kier molecular flexibility index (Phi) is 4.36. The van der Waals surface area contributed by atoms with Crippen molar-refractivity contribution in [1.82, 2.24) is 15.4 Å². The van der Waals surface area contributed by atoms with Gasteiger partial charge >= 0.3 is 0 Å². The molecule has 0 aliphatic carbocycles. The third-order valence-corrected chi connectivity index (χ3v) is 5.23. The number of hydrogen-bond donors (Lipinski definition) is 2. The minimum Gasteiger partial charge on any atom is -0.370 e. The van der Waals surface area contributed by atoms with E-state index in [4.69, 9.17) is 10.3 Å². The molecule has 0 unspecified atom stereocenters. The average molecular weight is 353 g/mol. The van der Waals surface area contributed by atoms with Crippen LogP contribution in [0.15, 0.2) is 45.9 Å². The monoisotopic (exact) mass is 353 g/mol. The second-order valence-electron chi connectivity index (χ2n) is 7.03. The molecule has 2 aliphatic heterocycles. The number of aryl methyl sites for hydroxylation is 1. The molecule has 1 aromatic heterocycles. The number of guanidine groups is 1. The summed E-state index contributed by atoms with van der Waals surface area (Å²) in [6.07, 6.45) is 2.75. The summed E-state index contributed by atoms with van der Waals surface area (Å²) in [7, 11) is 0. The summed E-state index contributed by atoms with van der Waals surface area (Å²) in [4.78, 5) is 18.7. The first-order valence-electron chi connectivity index (χ1n) is 9.00. The number of benzene rings is 1. The Morgan fingerprint density at radius 3 is 2.73 bits per heavy atom. The summed E-state index contributed by atoms with van der Waals surface area (Å²) < 4.78 is 5.38. The highest BCUT2D eigenvalue weighted by Crippen LogP contribution is 2.26. The summed E-state index contributed by atoms with van der Waals surface area (Å²) in [5, 5.41) is 7.37. The normalized spacial score (nSPS) is 18.6. The molecule has 3 heterocycles. The summed E-state index contributed by atoms with van der Waals surface area (Å²) in [6.45, 7) is 2.18. The van der Waals surface area contributed by atoms with E-state index >= 15 is 0 Å². The van der Waals surface area contributed by atoms with Crippen LogP contribution in [0.4, 0.5) is 0 Å². The summed E-state index contributed by atoms with van der Waals surface area (Å²) >= 11 is 0. The van der Waals surface area contributed by atoms with E-state index in [-0.39, 0.29) is 11.4 Å². The molecule has 0 bridgehead atoms. The summed E-state index contributed by atoms with van der Waals surface area (Å²) in [6, 6.07) is 11.8. The van der Waals surface area contributed by atoms with Gasteiger partial charge < -0.3 is 20.5 Å². The fourth-order valence-electron chi connectivity index (χ4n) is 3.62. The number of aromatic nitrogens is 1. The third kappa shape index (κ3) is 3.42. The molecule has 0 saturated carbocycles. The third-order valence-electron chi connectivity index (χ3n) is 5.23. The van der Waals surface area contributed by atoms with E-state index < -0.39 is 0 Å². The molecule has 1 fully saturated rings. The Morgan fingerprint density at radius 1 is 1.27 bits per heavy atom. The molecule has 1 amide bonds. The maximum Gasteiger partial charge on any atom is 0.223 e. The molecule has 2 aliphatic rings. The number of likely N-dealkylation sites (tertiary alicyclic amines) is 1. The molecule has 0 atom stereocenters. The van der Waals surface area contributed by atoms with Crippen LogP contribution < -0.4 is 11.1 Å². The van der Waals surface area contributed by atoms with Crippen molar-refractivity contribution in [3.05, 3.63) is 42.2 Å². The zero-order chi connectivity index (χ0) is 18.0. The second-order valence-corrected chi connectivity index (χ2v) is 7.03. The van der Waals surface area contributed by atoms with Gasteiger partial charge in [0.05, 0.1) is 12.1 Å². The van der Waals surface area contributed by atoms with Gasteiger partial charge in [-0.3, -0.25) is 9.79 Å². The maximum absolute atomic E-state index is 12.5. The number of piperidine rings is 1. The van der Waals surface area contributed by atoms with Crippen LogP contribution in [0.5, 0.6) is 0 Å². The molecule has 7 nitrogen and oxygen atoms in total. The lowest BCUT2D eigenvalue weighted by Crippen LogP contribution is -2.55. The molecule has 2 aromatic rings. The Hall–Kier alpha value is -2.83. The molecule has 0 radical (unpaired) electrons. The largest absolute Gasteiger partial charge is 0.370 e. The van der Waals surface area contributed by atoms with Crippen molar-refractivity contribution in [2.24, 2.45) is 10.7 Å². The van der Waals surface area contributed by atoms with Gasteiger partial charge in [-0.15, -0.1) is 0 Å². The van der Waals surface area contributed by atoms with Crippen molar-refractivity contribution < 1.29 is 9.32 Å². The van der Waals surface area contributed by atoms with E-state index in [0.717, 1.165) is 42.9 Å². The molecule has 1 aromatic carbocycles. The summed E-state index contributed by atoms with van der Waals surface area (Å²) in [5.74, 6) is 1.41. The highest BCUT2D eigenvalue weighted by molar-refractivity contribution is 5.81. The van der Waals surface area contributed by atoms with Crippen LogP contribution in [0.1, 0.15) is 25.0 Å². The lowest BCUT2D eigenvalue weighted by molar-refractivity contribution is -0.132. The van der Waals surface area contributed by atoms with Crippen LogP contribution in [0.3, 0.4) is 0 Å². The van der Waals surface area contributed by atoms with Crippen LogP contribution >= 0.6 is 0 Å². The van der Waals surface area contributed by atoms with Crippen LogP contribution in [0, 0.1) is 0 Å². The predicted octanol–water partition coefficient (Wildman–Crippen LogP) is 1.55. The number of rotatable bonds is 4. The van der Waals surface area contributed by atoms with Crippen molar-refractivity contribution in [2.45, 2.75) is 31.2 Å². The molecular formula is C19H23N5O2. The second kappa shape index (κ2) is 6.82. The fourth-order valence-corrected chi connectivity index (χ4v) is 3.62. The predicted molar refractivity (Wildman–Crippen MR) is 98.4 cm³/mol. The number of amides is 1. The molecule has 26 heavy (non-hydrogen) atoms. The van der Waals surface area contributed by atoms with Crippen LogP contribution in [-0.4, -0.2) is 47.1 Å². The van der Waals surface area contributed by atoms with Crippen LogP contribution in [-0.2, 0) is 11.2 Å². The van der Waals surface area contributed by atoms with Gasteiger partial charge in [0.2, 0.25) is 5.91 Å². The van der Waals surface area contributed by atoms with Gasteiger partial charge in [-0.05, 0) is 12.8 Å². The Balaban J connectivity index is 1.28. The van der Waals surface area contributed by atoms with Crippen LogP contribution in [0.2, 0.25) is 0 Å². The number of nitrogens with one attached hydrogen (secondary N) is 1. The van der Waals surface area contributed by atoms with Crippen molar-refractivity contribution in [1.29, 1.82) is 0 Å². The SMILES string of the molecule is NC1=NCC2(CCN(C(=O)CCc3cc(-c4ccccc4)no3)CC2)N1. The minimum atomic E-state index is -0.0453. The zero-order valence-electron chi connectivity index (χ0n) is 14.6. The van der Waals surface area contributed by atoms with E-state index in [1.165, 1.54) is 0 Å². The van der Waals surface area contributed by atoms with Gasteiger partial charge in [-0.1, -0.05) is 35.5 Å². The molecular weight excluding hydrogens is 330 g/mol. The maximum atomic E-state index is 12.5. The van der Waals surface area contributed by atoms with Crippen LogP contribution in [0.25, 0.3) is 11.3 Å². The van der Waals surface area contributed by atoms with Crippen molar-refractivity contribution in [3.8, 4) is 11.3 Å². The number of hydrogen-bond acceptors (Lipinski definition) is 6. The fraction of sp³-hybridized carbons (Fsp3) is 0.421. The Bertz CT molecular complexity index is 806. The minimum absolute atomic E-state index is 0.0453. The molecule has 4 rings (SSSR count). The van der Waals surface area contributed by atoms with Crippen molar-refractivity contribution in [2.75, 3.05) is 19.6 Å². The molecule has 1 spiro atoms. The molecule has 136 valence electrons.